The number of likely N-dealkylation sites (N-methyl/N-ethyl adjacent to an activating group) is 1. The average Bonchev–Trinajstić information content (AvgIpc) is 2.90. The number of carbonyl (C=O) groups is 1. The first kappa shape index (κ1) is 16.3. The molecule has 22 heavy (non-hydrogen) atoms. The summed E-state index contributed by atoms with van der Waals surface area (Å²) in [6, 6.07) is 8.74. The van der Waals surface area contributed by atoms with Crippen LogP contribution in [-0.2, 0) is 11.3 Å². The second-order valence-electron chi connectivity index (χ2n) is 4.82. The third kappa shape index (κ3) is 4.00. The Bertz CT molecular complexity index is 721. The number of nitrogens with zero attached hydrogens (tertiary/aromatic N) is 2. The number of nitriles is 1. The lowest BCUT2D eigenvalue weighted by molar-refractivity contribution is -0.132. The third-order valence-corrected chi connectivity index (χ3v) is 4.49. The van der Waals surface area contributed by atoms with Gasteiger partial charge in [-0.15, -0.1) is 11.3 Å². The van der Waals surface area contributed by atoms with Crippen molar-refractivity contribution in [3.63, 3.8) is 0 Å². The fraction of sp³-hybridized carbons (Fsp3) is 0.250. The summed E-state index contributed by atoms with van der Waals surface area (Å²) in [5.41, 5.74) is 1.63. The molecule has 1 amide bonds. The first-order valence-corrected chi connectivity index (χ1v) is 7.86. The Hall–Kier alpha value is -2.03. The van der Waals surface area contributed by atoms with Gasteiger partial charge in [0.15, 0.2) is 6.61 Å². The summed E-state index contributed by atoms with van der Waals surface area (Å²) in [5, 5.41) is 11.1. The van der Waals surface area contributed by atoms with E-state index in [1.807, 2.05) is 24.4 Å². The zero-order valence-corrected chi connectivity index (χ0v) is 13.9. The first-order valence-electron chi connectivity index (χ1n) is 6.60. The maximum atomic E-state index is 12.1. The summed E-state index contributed by atoms with van der Waals surface area (Å²) < 4.78 is 5.44. The van der Waals surface area contributed by atoms with Crippen LogP contribution < -0.4 is 4.74 Å². The van der Waals surface area contributed by atoms with Gasteiger partial charge in [-0.25, -0.2) is 0 Å². The van der Waals surface area contributed by atoms with Crippen molar-refractivity contribution in [3.05, 3.63) is 50.7 Å². The number of amides is 1. The monoisotopic (exact) mass is 334 g/mol. The number of hydrogen-bond acceptors (Lipinski definition) is 4. The van der Waals surface area contributed by atoms with Gasteiger partial charge in [0.1, 0.15) is 5.75 Å². The minimum absolute atomic E-state index is 0.0907. The molecule has 0 fully saturated rings. The van der Waals surface area contributed by atoms with Crippen molar-refractivity contribution in [3.8, 4) is 11.8 Å². The molecule has 1 aromatic heterocycles. The van der Waals surface area contributed by atoms with E-state index in [1.54, 1.807) is 35.4 Å². The van der Waals surface area contributed by atoms with Crippen LogP contribution in [0, 0.1) is 18.3 Å². The number of rotatable bonds is 5. The molecule has 1 heterocycles. The van der Waals surface area contributed by atoms with Crippen molar-refractivity contribution in [1.82, 2.24) is 4.90 Å². The van der Waals surface area contributed by atoms with E-state index in [0.29, 0.717) is 22.9 Å². The Morgan fingerprint density at radius 1 is 1.45 bits per heavy atom. The van der Waals surface area contributed by atoms with Gasteiger partial charge in [0.25, 0.3) is 5.91 Å². The summed E-state index contributed by atoms with van der Waals surface area (Å²) in [7, 11) is 1.74. The van der Waals surface area contributed by atoms with Crippen LogP contribution in [0.5, 0.6) is 5.75 Å². The topological polar surface area (TPSA) is 53.3 Å². The number of hydrogen-bond donors (Lipinski definition) is 0. The molecule has 0 aliphatic rings. The van der Waals surface area contributed by atoms with Crippen molar-refractivity contribution < 1.29 is 9.53 Å². The van der Waals surface area contributed by atoms with E-state index in [4.69, 9.17) is 21.6 Å². The Balaban J connectivity index is 1.92. The van der Waals surface area contributed by atoms with Gasteiger partial charge in [-0.05, 0) is 42.1 Å². The van der Waals surface area contributed by atoms with Crippen LogP contribution in [0.15, 0.2) is 29.6 Å². The molecular weight excluding hydrogens is 320 g/mol. The van der Waals surface area contributed by atoms with Gasteiger partial charge < -0.3 is 9.64 Å². The fourth-order valence-electron chi connectivity index (χ4n) is 1.81. The van der Waals surface area contributed by atoms with Crippen LogP contribution in [0.2, 0.25) is 5.02 Å². The summed E-state index contributed by atoms with van der Waals surface area (Å²) in [5.74, 6) is 0.267. The first-order chi connectivity index (χ1) is 10.5. The highest BCUT2D eigenvalue weighted by atomic mass is 35.5. The van der Waals surface area contributed by atoms with Gasteiger partial charge in [-0.1, -0.05) is 11.6 Å². The van der Waals surface area contributed by atoms with E-state index in [2.05, 4.69) is 0 Å². The van der Waals surface area contributed by atoms with Crippen LogP contribution in [0.25, 0.3) is 0 Å². The molecule has 0 aliphatic heterocycles. The van der Waals surface area contributed by atoms with Crippen molar-refractivity contribution >= 4 is 28.8 Å². The van der Waals surface area contributed by atoms with Crippen LogP contribution in [0.1, 0.15) is 16.0 Å². The summed E-state index contributed by atoms with van der Waals surface area (Å²) in [4.78, 5) is 14.9. The lowest BCUT2D eigenvalue weighted by Gasteiger charge is -2.17. The molecule has 0 spiro atoms. The normalized spacial score (nSPS) is 10.1. The number of benzene rings is 1. The van der Waals surface area contributed by atoms with Gasteiger partial charge in [0, 0.05) is 11.9 Å². The van der Waals surface area contributed by atoms with E-state index in [9.17, 15) is 4.79 Å². The highest BCUT2D eigenvalue weighted by molar-refractivity contribution is 7.10. The Morgan fingerprint density at radius 3 is 2.82 bits per heavy atom. The van der Waals surface area contributed by atoms with Crippen LogP contribution in [0.3, 0.4) is 0 Å². The molecule has 114 valence electrons. The van der Waals surface area contributed by atoms with Gasteiger partial charge in [0.05, 0.1) is 23.2 Å². The predicted octanol–water partition coefficient (Wildman–Crippen LogP) is 3.62. The SMILES string of the molecule is Cc1ccsc1CN(C)C(=O)COc1ccc(C#N)cc1Cl. The fourth-order valence-corrected chi connectivity index (χ4v) is 3.00. The molecule has 0 radical (unpaired) electrons. The second-order valence-corrected chi connectivity index (χ2v) is 6.23. The predicted molar refractivity (Wildman–Crippen MR) is 87.2 cm³/mol. The highest BCUT2D eigenvalue weighted by Gasteiger charge is 2.13. The zero-order valence-electron chi connectivity index (χ0n) is 12.3. The molecular formula is C16H15ClN2O2S. The van der Waals surface area contributed by atoms with Crippen molar-refractivity contribution in [2.24, 2.45) is 0 Å². The summed E-state index contributed by atoms with van der Waals surface area (Å²) in [6.45, 7) is 2.50. The maximum absolute atomic E-state index is 12.1. The minimum atomic E-state index is -0.131. The van der Waals surface area contributed by atoms with Gasteiger partial charge in [-0.3, -0.25) is 4.79 Å². The smallest absolute Gasteiger partial charge is 0.260 e. The number of halogens is 1. The molecule has 0 N–H and O–H groups in total. The third-order valence-electron chi connectivity index (χ3n) is 3.19. The summed E-state index contributed by atoms with van der Waals surface area (Å²) >= 11 is 7.64. The molecule has 2 aromatic rings. The van der Waals surface area contributed by atoms with Gasteiger partial charge >= 0.3 is 0 Å². The van der Waals surface area contributed by atoms with E-state index in [1.165, 1.54) is 11.6 Å². The molecule has 1 aromatic carbocycles. The molecule has 0 unspecified atom stereocenters. The average molecular weight is 335 g/mol. The highest BCUT2D eigenvalue weighted by Crippen LogP contribution is 2.25. The molecule has 4 nitrogen and oxygen atoms in total. The zero-order chi connectivity index (χ0) is 16.1. The van der Waals surface area contributed by atoms with E-state index in [-0.39, 0.29) is 12.5 Å². The van der Waals surface area contributed by atoms with E-state index < -0.39 is 0 Å². The summed E-state index contributed by atoms with van der Waals surface area (Å²) in [6.07, 6.45) is 0. The van der Waals surface area contributed by atoms with Gasteiger partial charge in [0.2, 0.25) is 0 Å². The van der Waals surface area contributed by atoms with Crippen molar-refractivity contribution in [2.75, 3.05) is 13.7 Å². The van der Waals surface area contributed by atoms with E-state index >= 15 is 0 Å². The number of aryl methyl sites for hydroxylation is 1. The van der Waals surface area contributed by atoms with Crippen molar-refractivity contribution in [1.29, 1.82) is 5.26 Å². The quantitative estimate of drug-likeness (QED) is 0.839. The molecule has 0 aliphatic carbocycles. The van der Waals surface area contributed by atoms with Crippen molar-refractivity contribution in [2.45, 2.75) is 13.5 Å². The molecule has 2 rings (SSSR count). The van der Waals surface area contributed by atoms with Crippen LogP contribution >= 0.6 is 22.9 Å². The number of ether oxygens (including phenoxy) is 1. The molecule has 0 saturated heterocycles. The minimum Gasteiger partial charge on any atom is -0.482 e. The standard InChI is InChI=1S/C16H15ClN2O2S/c1-11-5-6-22-15(11)9-19(2)16(20)10-21-14-4-3-12(8-18)7-13(14)17/h3-7H,9-10H2,1-2H3. The Kier molecular flexibility index (Phi) is 5.42. The Morgan fingerprint density at radius 2 is 2.23 bits per heavy atom. The molecule has 0 bridgehead atoms. The largest absolute Gasteiger partial charge is 0.482 e. The van der Waals surface area contributed by atoms with Crippen LogP contribution in [-0.4, -0.2) is 24.5 Å². The number of carbonyl (C=O) groups excluding carboxylic acids is 1. The lowest BCUT2D eigenvalue weighted by atomic mass is 10.2. The van der Waals surface area contributed by atoms with Crippen LogP contribution in [0.4, 0.5) is 0 Å². The molecule has 0 saturated carbocycles. The molecule has 6 heteroatoms. The van der Waals surface area contributed by atoms with Gasteiger partial charge in [-0.2, -0.15) is 5.26 Å². The lowest BCUT2D eigenvalue weighted by Crippen LogP contribution is -2.30. The van der Waals surface area contributed by atoms with E-state index in [0.717, 1.165) is 4.88 Å². The molecule has 0 atom stereocenters. The second kappa shape index (κ2) is 7.30. The number of thiophene rings is 1. The Labute approximate surface area is 138 Å². The maximum Gasteiger partial charge on any atom is 0.260 e.